The summed E-state index contributed by atoms with van der Waals surface area (Å²) in [5.74, 6) is -0.478. The molecule has 0 aliphatic carbocycles. The van der Waals surface area contributed by atoms with E-state index in [1.165, 1.54) is 12.1 Å². The molecule has 0 aliphatic heterocycles. The van der Waals surface area contributed by atoms with Crippen molar-refractivity contribution in [2.45, 2.75) is 0 Å². The van der Waals surface area contributed by atoms with Gasteiger partial charge in [-0.1, -0.05) is 18.2 Å². The zero-order chi connectivity index (χ0) is 14.4. The number of para-hydroxylation sites is 1. The molecule has 4 nitrogen and oxygen atoms in total. The number of amides is 1. The Morgan fingerprint density at radius 3 is 2.55 bits per heavy atom. The normalized spacial score (nSPS) is 9.85. The SMILES string of the molecule is O=CCNC(=O)c1ccc(Oc2ccccc2)cc1F. The quantitative estimate of drug-likeness (QED) is 0.852. The van der Waals surface area contributed by atoms with Crippen LogP contribution in [0.2, 0.25) is 0 Å². The van der Waals surface area contributed by atoms with Gasteiger partial charge < -0.3 is 14.8 Å². The van der Waals surface area contributed by atoms with Crippen LogP contribution in [0.4, 0.5) is 4.39 Å². The molecule has 0 heterocycles. The standard InChI is InChI=1S/C15H12FNO3/c16-14-10-12(20-11-4-2-1-3-5-11)6-7-13(14)15(19)17-8-9-18/h1-7,9-10H,8H2,(H,17,19). The summed E-state index contributed by atoms with van der Waals surface area (Å²) < 4.78 is 19.2. The molecule has 0 aliphatic rings. The summed E-state index contributed by atoms with van der Waals surface area (Å²) >= 11 is 0. The topological polar surface area (TPSA) is 55.4 Å². The van der Waals surface area contributed by atoms with Gasteiger partial charge in [-0.2, -0.15) is 0 Å². The lowest BCUT2D eigenvalue weighted by atomic mass is 10.2. The van der Waals surface area contributed by atoms with Crippen molar-refractivity contribution < 1.29 is 18.7 Å². The van der Waals surface area contributed by atoms with Crippen LogP contribution in [0.3, 0.4) is 0 Å². The number of benzene rings is 2. The van der Waals surface area contributed by atoms with E-state index in [1.807, 2.05) is 6.07 Å². The monoisotopic (exact) mass is 273 g/mol. The Balaban J connectivity index is 2.13. The van der Waals surface area contributed by atoms with Gasteiger partial charge in [-0.15, -0.1) is 0 Å². The number of halogens is 1. The molecular weight excluding hydrogens is 261 g/mol. The van der Waals surface area contributed by atoms with Crippen molar-refractivity contribution in [3.63, 3.8) is 0 Å². The molecule has 1 amide bonds. The highest BCUT2D eigenvalue weighted by Crippen LogP contribution is 2.23. The lowest BCUT2D eigenvalue weighted by molar-refractivity contribution is -0.107. The molecule has 0 aromatic heterocycles. The molecule has 0 radical (unpaired) electrons. The van der Waals surface area contributed by atoms with Gasteiger partial charge in [-0.3, -0.25) is 4.79 Å². The molecular formula is C15H12FNO3. The highest BCUT2D eigenvalue weighted by molar-refractivity contribution is 5.95. The molecule has 0 bridgehead atoms. The van der Waals surface area contributed by atoms with Crippen LogP contribution in [-0.2, 0) is 4.79 Å². The van der Waals surface area contributed by atoms with Crippen molar-refractivity contribution in [1.29, 1.82) is 0 Å². The minimum Gasteiger partial charge on any atom is -0.457 e. The van der Waals surface area contributed by atoms with E-state index in [-0.39, 0.29) is 12.1 Å². The largest absolute Gasteiger partial charge is 0.457 e. The molecule has 2 aromatic carbocycles. The first-order chi connectivity index (χ1) is 9.70. The summed E-state index contributed by atoms with van der Waals surface area (Å²) in [5.41, 5.74) is -0.132. The number of aldehydes is 1. The third-order valence-electron chi connectivity index (χ3n) is 2.51. The molecule has 0 saturated carbocycles. The summed E-state index contributed by atoms with van der Waals surface area (Å²) in [4.78, 5) is 21.7. The van der Waals surface area contributed by atoms with Gasteiger partial charge in [0.25, 0.3) is 5.91 Å². The smallest absolute Gasteiger partial charge is 0.254 e. The first-order valence-electron chi connectivity index (χ1n) is 5.95. The molecule has 0 atom stereocenters. The summed E-state index contributed by atoms with van der Waals surface area (Å²) in [6.45, 7) is -0.152. The van der Waals surface area contributed by atoms with Crippen LogP contribution in [0.5, 0.6) is 11.5 Å². The Labute approximate surface area is 115 Å². The second-order valence-corrected chi connectivity index (χ2v) is 3.93. The average molecular weight is 273 g/mol. The highest BCUT2D eigenvalue weighted by Gasteiger charge is 2.12. The van der Waals surface area contributed by atoms with E-state index in [9.17, 15) is 14.0 Å². The molecule has 2 rings (SSSR count). The maximum absolute atomic E-state index is 13.8. The fraction of sp³-hybridized carbons (Fsp3) is 0.0667. The van der Waals surface area contributed by atoms with Crippen LogP contribution in [-0.4, -0.2) is 18.7 Å². The Morgan fingerprint density at radius 2 is 1.90 bits per heavy atom. The molecule has 2 aromatic rings. The second-order valence-electron chi connectivity index (χ2n) is 3.93. The Morgan fingerprint density at radius 1 is 1.15 bits per heavy atom. The number of ether oxygens (including phenoxy) is 1. The maximum atomic E-state index is 13.8. The Bertz CT molecular complexity index is 614. The molecule has 1 N–H and O–H groups in total. The van der Waals surface area contributed by atoms with E-state index in [0.29, 0.717) is 17.8 Å². The summed E-state index contributed by atoms with van der Waals surface area (Å²) in [6.07, 6.45) is 0.530. The number of carbonyl (C=O) groups excluding carboxylic acids is 2. The van der Waals surface area contributed by atoms with Crippen molar-refractivity contribution in [2.75, 3.05) is 6.54 Å². The van der Waals surface area contributed by atoms with Gasteiger partial charge >= 0.3 is 0 Å². The predicted molar refractivity (Wildman–Crippen MR) is 71.3 cm³/mol. The fourth-order valence-corrected chi connectivity index (χ4v) is 1.60. The summed E-state index contributed by atoms with van der Waals surface area (Å²) in [7, 11) is 0. The van der Waals surface area contributed by atoms with Crippen molar-refractivity contribution in [3.05, 3.63) is 59.9 Å². The number of nitrogens with one attached hydrogen (secondary N) is 1. The molecule has 0 saturated heterocycles. The maximum Gasteiger partial charge on any atom is 0.254 e. The van der Waals surface area contributed by atoms with Crippen LogP contribution in [0.25, 0.3) is 0 Å². The van der Waals surface area contributed by atoms with E-state index in [0.717, 1.165) is 6.07 Å². The van der Waals surface area contributed by atoms with Crippen LogP contribution < -0.4 is 10.1 Å². The van der Waals surface area contributed by atoms with Crippen molar-refractivity contribution in [1.82, 2.24) is 5.32 Å². The molecule has 20 heavy (non-hydrogen) atoms. The van der Waals surface area contributed by atoms with Gasteiger partial charge in [0.05, 0.1) is 12.1 Å². The van der Waals surface area contributed by atoms with Crippen LogP contribution in [0, 0.1) is 5.82 Å². The number of carbonyl (C=O) groups is 2. The van der Waals surface area contributed by atoms with Gasteiger partial charge in [0, 0.05) is 6.07 Å². The second kappa shape index (κ2) is 6.47. The van der Waals surface area contributed by atoms with Gasteiger partial charge in [0.15, 0.2) is 0 Å². The molecule has 0 spiro atoms. The van der Waals surface area contributed by atoms with Crippen molar-refractivity contribution in [2.24, 2.45) is 0 Å². The van der Waals surface area contributed by atoms with Crippen LogP contribution in [0.1, 0.15) is 10.4 Å². The average Bonchev–Trinajstić information content (AvgIpc) is 2.46. The predicted octanol–water partition coefficient (Wildman–Crippen LogP) is 2.55. The zero-order valence-electron chi connectivity index (χ0n) is 10.5. The minimum atomic E-state index is -0.707. The molecule has 0 fully saturated rings. The first-order valence-corrected chi connectivity index (χ1v) is 5.95. The lowest BCUT2D eigenvalue weighted by Gasteiger charge is -2.07. The Kier molecular flexibility index (Phi) is 4.44. The van der Waals surface area contributed by atoms with Gasteiger partial charge in [-0.25, -0.2) is 4.39 Å². The van der Waals surface area contributed by atoms with Crippen molar-refractivity contribution >= 4 is 12.2 Å². The van der Waals surface area contributed by atoms with E-state index < -0.39 is 11.7 Å². The lowest BCUT2D eigenvalue weighted by Crippen LogP contribution is -2.25. The van der Waals surface area contributed by atoms with E-state index in [4.69, 9.17) is 4.74 Å². The number of hydrogen-bond donors (Lipinski definition) is 1. The number of hydrogen-bond acceptors (Lipinski definition) is 3. The first kappa shape index (κ1) is 13.7. The van der Waals surface area contributed by atoms with Crippen LogP contribution >= 0.6 is 0 Å². The van der Waals surface area contributed by atoms with E-state index >= 15 is 0 Å². The number of rotatable bonds is 5. The third kappa shape index (κ3) is 3.41. The molecule has 0 unspecified atom stereocenters. The molecule has 5 heteroatoms. The highest BCUT2D eigenvalue weighted by atomic mass is 19.1. The van der Waals surface area contributed by atoms with E-state index in [1.54, 1.807) is 24.3 Å². The van der Waals surface area contributed by atoms with Gasteiger partial charge in [0.2, 0.25) is 0 Å². The minimum absolute atomic E-state index is 0.132. The van der Waals surface area contributed by atoms with Crippen LogP contribution in [0.15, 0.2) is 48.5 Å². The summed E-state index contributed by atoms with van der Waals surface area (Å²) in [5, 5.41) is 2.27. The fourth-order valence-electron chi connectivity index (χ4n) is 1.60. The van der Waals surface area contributed by atoms with Gasteiger partial charge in [0.1, 0.15) is 23.6 Å². The molecule has 102 valence electrons. The van der Waals surface area contributed by atoms with E-state index in [2.05, 4.69) is 5.32 Å². The van der Waals surface area contributed by atoms with Gasteiger partial charge in [-0.05, 0) is 24.3 Å². The van der Waals surface area contributed by atoms with Crippen molar-refractivity contribution in [3.8, 4) is 11.5 Å². The third-order valence-corrected chi connectivity index (χ3v) is 2.51. The zero-order valence-corrected chi connectivity index (χ0v) is 10.5. The Hall–Kier alpha value is -2.69. The summed E-state index contributed by atoms with van der Waals surface area (Å²) in [6, 6.07) is 12.8.